The van der Waals surface area contributed by atoms with Crippen molar-refractivity contribution < 1.29 is 4.74 Å². The van der Waals surface area contributed by atoms with Crippen LogP contribution in [0.5, 0.6) is 0 Å². The molecule has 0 saturated carbocycles. The van der Waals surface area contributed by atoms with Crippen LogP contribution in [-0.4, -0.2) is 40.4 Å². The number of hydrogen-bond acceptors (Lipinski definition) is 2. The maximum atomic E-state index is 4.92. The summed E-state index contributed by atoms with van der Waals surface area (Å²) in [5.41, 5.74) is 0. The molecule has 0 saturated heterocycles. The molecule has 0 aromatic rings. The summed E-state index contributed by atoms with van der Waals surface area (Å²) in [6.45, 7) is 3.06. The molecule has 0 amide bonds. The molecule has 0 fully saturated rings. The Labute approximate surface area is 57.7 Å². The quantitative estimate of drug-likeness (QED) is 0.506. The van der Waals surface area contributed by atoms with Gasteiger partial charge in [0.25, 0.3) is 0 Å². The van der Waals surface area contributed by atoms with E-state index in [4.69, 9.17) is 4.74 Å². The van der Waals surface area contributed by atoms with Crippen LogP contribution in [0.2, 0.25) is 0 Å². The molecule has 41 valence electrons. The molecular formula is C4H10NOSn. The third kappa shape index (κ3) is 4.57. The van der Waals surface area contributed by atoms with E-state index in [-0.39, 0.29) is 4.24 Å². The van der Waals surface area contributed by atoms with Crippen LogP contribution in [-0.2, 0) is 4.74 Å². The fraction of sp³-hybridized carbons (Fsp3) is 1.00. The molecule has 0 spiro atoms. The predicted octanol–water partition coefficient (Wildman–Crippen LogP) is -0.306. The minimum absolute atomic E-state index is 0.289. The molecule has 7 heavy (non-hydrogen) atoms. The Hall–Kier alpha value is 0.719. The van der Waals surface area contributed by atoms with Gasteiger partial charge in [0.2, 0.25) is 0 Å². The summed E-state index contributed by atoms with van der Waals surface area (Å²) in [5.74, 6) is 0. The predicted molar refractivity (Wildman–Crippen MR) is 30.2 cm³/mol. The Bertz CT molecular complexity index is 42.7. The first-order valence-corrected chi connectivity index (χ1v) is 3.93. The van der Waals surface area contributed by atoms with Crippen LogP contribution in [0.3, 0.4) is 0 Å². The Balaban J connectivity index is 2.83. The zero-order chi connectivity index (χ0) is 5.70. The molecule has 1 N–H and O–H groups in total. The summed E-state index contributed by atoms with van der Waals surface area (Å²) in [6, 6.07) is 0. The van der Waals surface area contributed by atoms with Crippen LogP contribution >= 0.6 is 0 Å². The molecule has 0 heterocycles. The van der Waals surface area contributed by atoms with Gasteiger partial charge >= 0.3 is 57.4 Å². The van der Waals surface area contributed by atoms with Gasteiger partial charge in [-0.05, 0) is 0 Å². The molecule has 1 atom stereocenters. The summed E-state index contributed by atoms with van der Waals surface area (Å²) >= 11 is 1.39. The molecular weight excluding hydrogens is 197 g/mol. The second-order valence-electron chi connectivity index (χ2n) is 1.17. The van der Waals surface area contributed by atoms with Crippen LogP contribution in [0.25, 0.3) is 0 Å². The molecule has 0 rings (SSSR count). The van der Waals surface area contributed by atoms with Crippen LogP contribution in [0.15, 0.2) is 0 Å². The Morgan fingerprint density at radius 2 is 2.43 bits per heavy atom. The molecule has 0 aliphatic carbocycles. The van der Waals surface area contributed by atoms with Gasteiger partial charge in [0.05, 0.1) is 0 Å². The van der Waals surface area contributed by atoms with Crippen LogP contribution in [0.1, 0.15) is 6.92 Å². The molecule has 3 radical (unpaired) electrons. The third-order valence-electron chi connectivity index (χ3n) is 0.625. The van der Waals surface area contributed by atoms with Crippen molar-refractivity contribution in [3.63, 3.8) is 0 Å². The van der Waals surface area contributed by atoms with Gasteiger partial charge in [-0.2, -0.15) is 0 Å². The molecule has 0 aliphatic rings. The van der Waals surface area contributed by atoms with Gasteiger partial charge in [0, 0.05) is 0 Å². The molecule has 0 bridgehead atoms. The summed E-state index contributed by atoms with van der Waals surface area (Å²) in [6.07, 6.45) is 0. The van der Waals surface area contributed by atoms with Crippen molar-refractivity contribution in [2.75, 3.05) is 13.7 Å². The zero-order valence-corrected chi connectivity index (χ0v) is 7.55. The summed E-state index contributed by atoms with van der Waals surface area (Å²) < 4.78 is 5.21. The fourth-order valence-corrected chi connectivity index (χ4v) is 0.851. The zero-order valence-electron chi connectivity index (χ0n) is 4.69. The van der Waals surface area contributed by atoms with Gasteiger partial charge in [-0.1, -0.05) is 0 Å². The standard InChI is InChI=1S/C4H10NO.Sn/c1-3-5-4-6-2;/h4-5H,3H2,1-2H3;. The number of methoxy groups -OCH3 is 1. The van der Waals surface area contributed by atoms with Crippen molar-refractivity contribution in [3.8, 4) is 0 Å². The molecule has 0 aromatic heterocycles. The van der Waals surface area contributed by atoms with E-state index in [0.29, 0.717) is 0 Å². The van der Waals surface area contributed by atoms with E-state index in [0.717, 1.165) is 6.54 Å². The first kappa shape index (κ1) is 7.72. The van der Waals surface area contributed by atoms with Crippen molar-refractivity contribution in [3.05, 3.63) is 0 Å². The summed E-state index contributed by atoms with van der Waals surface area (Å²) in [4.78, 5) is 0. The number of rotatable bonds is 3. The number of nitrogens with one attached hydrogen (secondary N) is 1. The molecule has 2 nitrogen and oxygen atoms in total. The second kappa shape index (κ2) is 4.87. The van der Waals surface area contributed by atoms with E-state index in [1.807, 2.05) is 0 Å². The van der Waals surface area contributed by atoms with Gasteiger partial charge in [0.1, 0.15) is 0 Å². The third-order valence-corrected chi connectivity index (χ3v) is 1.88. The van der Waals surface area contributed by atoms with Gasteiger partial charge in [-0.15, -0.1) is 0 Å². The number of hydrogen-bond donors (Lipinski definition) is 1. The molecule has 1 unspecified atom stereocenters. The van der Waals surface area contributed by atoms with E-state index in [1.165, 1.54) is 22.5 Å². The first-order valence-electron chi connectivity index (χ1n) is 2.28. The van der Waals surface area contributed by atoms with Crippen LogP contribution < -0.4 is 5.32 Å². The Morgan fingerprint density at radius 1 is 1.86 bits per heavy atom. The SMILES string of the molecule is CCN[CH]([Sn])OC. The monoisotopic (exact) mass is 208 g/mol. The van der Waals surface area contributed by atoms with E-state index in [2.05, 4.69) is 12.2 Å². The van der Waals surface area contributed by atoms with Gasteiger partial charge in [0.15, 0.2) is 0 Å². The maximum absolute atomic E-state index is 4.92. The van der Waals surface area contributed by atoms with E-state index >= 15 is 0 Å². The molecule has 0 aromatic carbocycles. The van der Waals surface area contributed by atoms with Crippen molar-refractivity contribution in [1.82, 2.24) is 5.32 Å². The van der Waals surface area contributed by atoms with Crippen LogP contribution in [0.4, 0.5) is 0 Å². The van der Waals surface area contributed by atoms with Gasteiger partial charge in [-0.3, -0.25) is 0 Å². The fourth-order valence-electron chi connectivity index (χ4n) is 0.269. The van der Waals surface area contributed by atoms with Crippen molar-refractivity contribution in [2.45, 2.75) is 11.2 Å². The normalized spacial score (nSPS) is 14.1. The van der Waals surface area contributed by atoms with Crippen molar-refractivity contribution >= 4 is 22.5 Å². The molecule has 3 heteroatoms. The van der Waals surface area contributed by atoms with Crippen LogP contribution in [0, 0.1) is 0 Å². The first-order chi connectivity index (χ1) is 3.31. The van der Waals surface area contributed by atoms with Crippen molar-refractivity contribution in [2.24, 2.45) is 0 Å². The topological polar surface area (TPSA) is 21.3 Å². The second-order valence-corrected chi connectivity index (χ2v) is 2.67. The number of ether oxygens (including phenoxy) is 1. The average Bonchev–Trinajstić information content (AvgIpc) is 1.68. The summed E-state index contributed by atoms with van der Waals surface area (Å²) in [7, 11) is 1.71. The Kier molecular flexibility index (Phi) is 5.37. The van der Waals surface area contributed by atoms with E-state index < -0.39 is 0 Å². The van der Waals surface area contributed by atoms with Gasteiger partial charge in [-0.25, -0.2) is 0 Å². The van der Waals surface area contributed by atoms with Gasteiger partial charge < -0.3 is 0 Å². The summed E-state index contributed by atoms with van der Waals surface area (Å²) in [5, 5.41) is 3.11. The van der Waals surface area contributed by atoms with E-state index in [1.54, 1.807) is 7.11 Å². The average molecular weight is 207 g/mol. The Morgan fingerprint density at radius 3 is 2.57 bits per heavy atom. The van der Waals surface area contributed by atoms with E-state index in [9.17, 15) is 0 Å². The van der Waals surface area contributed by atoms with Crippen molar-refractivity contribution in [1.29, 1.82) is 0 Å². The minimum atomic E-state index is 0.289. The molecule has 0 aliphatic heterocycles.